The topological polar surface area (TPSA) is 91.7 Å². The molecule has 0 saturated heterocycles. The van der Waals surface area contributed by atoms with Crippen LogP contribution in [0.3, 0.4) is 0 Å². The van der Waals surface area contributed by atoms with Gasteiger partial charge in [-0.2, -0.15) is 0 Å². The quantitative estimate of drug-likeness (QED) is 0.576. The van der Waals surface area contributed by atoms with E-state index in [4.69, 9.17) is 23.2 Å². The molecule has 1 aromatic heterocycles. The largest absolute Gasteiger partial charge is 0.506 e. The van der Waals surface area contributed by atoms with Gasteiger partial charge in [0.1, 0.15) is 5.75 Å². The molecule has 0 bridgehead atoms. The first-order valence-corrected chi connectivity index (χ1v) is 10.2. The maximum absolute atomic E-state index is 12.3. The summed E-state index contributed by atoms with van der Waals surface area (Å²) in [5.41, 5.74) is 0.846. The molecule has 0 atom stereocenters. The molecule has 0 aliphatic heterocycles. The zero-order valence-corrected chi connectivity index (χ0v) is 16.1. The fourth-order valence-corrected chi connectivity index (χ4v) is 4.29. The number of anilines is 1. The summed E-state index contributed by atoms with van der Waals surface area (Å²) in [5.74, 6) is -0.133. The highest BCUT2D eigenvalue weighted by Gasteiger charge is 2.15. The lowest BCUT2D eigenvalue weighted by atomic mass is 10.2. The number of halogens is 2. The third-order valence-corrected chi connectivity index (χ3v) is 5.89. The third kappa shape index (κ3) is 4.34. The smallest absolute Gasteiger partial charge is 0.263 e. The van der Waals surface area contributed by atoms with E-state index in [1.807, 2.05) is 0 Å². The van der Waals surface area contributed by atoms with E-state index in [1.54, 1.807) is 5.38 Å². The van der Waals surface area contributed by atoms with Crippen LogP contribution >= 0.6 is 34.5 Å². The Morgan fingerprint density at radius 1 is 1.19 bits per heavy atom. The Morgan fingerprint density at radius 3 is 2.58 bits per heavy atom. The number of aliphatic imine (C=N–C) groups is 1. The Kier molecular flexibility index (Phi) is 5.47. The highest BCUT2D eigenvalue weighted by Crippen LogP contribution is 2.30. The van der Waals surface area contributed by atoms with Crippen molar-refractivity contribution < 1.29 is 13.5 Å². The average Bonchev–Trinajstić information content (AvgIpc) is 3.09. The Balaban J connectivity index is 1.80. The fraction of sp³-hybridized carbons (Fsp3) is 0. The van der Waals surface area contributed by atoms with Crippen molar-refractivity contribution in [1.29, 1.82) is 0 Å². The molecule has 0 saturated carbocycles. The zero-order valence-electron chi connectivity index (χ0n) is 12.9. The molecule has 0 unspecified atom stereocenters. The minimum atomic E-state index is -3.71. The van der Waals surface area contributed by atoms with Crippen molar-refractivity contribution in [2.24, 2.45) is 4.99 Å². The second kappa shape index (κ2) is 7.63. The number of nitrogens with one attached hydrogen (secondary N) is 1. The van der Waals surface area contributed by atoms with Gasteiger partial charge >= 0.3 is 0 Å². The zero-order chi connectivity index (χ0) is 18.7. The molecule has 26 heavy (non-hydrogen) atoms. The number of nitrogens with zero attached hydrogens (tertiary/aromatic N) is 2. The molecule has 2 N–H and O–H groups in total. The number of sulfonamides is 1. The van der Waals surface area contributed by atoms with Gasteiger partial charge in [0, 0.05) is 28.4 Å². The highest BCUT2D eigenvalue weighted by atomic mass is 35.5. The summed E-state index contributed by atoms with van der Waals surface area (Å²) in [5, 5.41) is 12.3. The van der Waals surface area contributed by atoms with E-state index in [1.165, 1.54) is 60.1 Å². The van der Waals surface area contributed by atoms with Gasteiger partial charge in [-0.1, -0.05) is 23.2 Å². The number of phenolic OH excluding ortho intramolecular Hbond substituents is 1. The number of rotatable bonds is 5. The summed E-state index contributed by atoms with van der Waals surface area (Å²) >= 11 is 12.9. The van der Waals surface area contributed by atoms with E-state index in [0.717, 1.165) is 0 Å². The van der Waals surface area contributed by atoms with E-state index in [0.29, 0.717) is 21.4 Å². The monoisotopic (exact) mass is 427 g/mol. The van der Waals surface area contributed by atoms with Crippen LogP contribution in [-0.2, 0) is 10.0 Å². The predicted octanol–water partition coefficient (Wildman–Crippen LogP) is 4.71. The number of phenols is 1. The molecule has 134 valence electrons. The van der Waals surface area contributed by atoms with Gasteiger partial charge in [0.2, 0.25) is 0 Å². The normalized spacial score (nSPS) is 11.8. The first kappa shape index (κ1) is 18.7. The van der Waals surface area contributed by atoms with Crippen molar-refractivity contribution in [1.82, 2.24) is 4.98 Å². The number of hydrogen-bond donors (Lipinski definition) is 2. The van der Waals surface area contributed by atoms with Gasteiger partial charge in [0.05, 0.1) is 15.6 Å². The Hall–Kier alpha value is -2.13. The first-order valence-electron chi connectivity index (χ1n) is 7.09. The third-order valence-electron chi connectivity index (χ3n) is 3.21. The van der Waals surface area contributed by atoms with Crippen molar-refractivity contribution in [3.8, 4) is 5.75 Å². The van der Waals surface area contributed by atoms with Gasteiger partial charge in [-0.05, 0) is 36.4 Å². The van der Waals surface area contributed by atoms with Crippen molar-refractivity contribution in [2.75, 3.05) is 4.72 Å². The SMILES string of the molecule is O=S(=O)(Nc1nccs1)c1ccc(/N=C/c2cc(Cl)cc(Cl)c2O)cc1. The van der Waals surface area contributed by atoms with Crippen molar-refractivity contribution in [2.45, 2.75) is 4.90 Å². The molecule has 0 radical (unpaired) electrons. The van der Waals surface area contributed by atoms with Crippen LogP contribution in [0, 0.1) is 0 Å². The van der Waals surface area contributed by atoms with Crippen LogP contribution in [-0.4, -0.2) is 24.7 Å². The van der Waals surface area contributed by atoms with Crippen molar-refractivity contribution in [3.05, 3.63) is 63.6 Å². The lowest BCUT2D eigenvalue weighted by Crippen LogP contribution is -2.12. The van der Waals surface area contributed by atoms with Crippen LogP contribution in [0.2, 0.25) is 10.0 Å². The van der Waals surface area contributed by atoms with E-state index in [-0.39, 0.29) is 15.7 Å². The predicted molar refractivity (Wildman–Crippen MR) is 105 cm³/mol. The summed E-state index contributed by atoms with van der Waals surface area (Å²) < 4.78 is 26.9. The second-order valence-corrected chi connectivity index (χ2v) is 8.44. The van der Waals surface area contributed by atoms with Crippen molar-refractivity contribution in [3.63, 3.8) is 0 Å². The molecule has 3 aromatic rings. The van der Waals surface area contributed by atoms with Gasteiger partial charge < -0.3 is 5.11 Å². The van der Waals surface area contributed by atoms with Gasteiger partial charge in [-0.3, -0.25) is 9.71 Å². The van der Waals surface area contributed by atoms with E-state index < -0.39 is 10.0 Å². The highest BCUT2D eigenvalue weighted by molar-refractivity contribution is 7.93. The van der Waals surface area contributed by atoms with Gasteiger partial charge in [0.25, 0.3) is 10.0 Å². The molecule has 0 spiro atoms. The summed E-state index contributed by atoms with van der Waals surface area (Å²) in [7, 11) is -3.71. The molecule has 0 amide bonds. The van der Waals surface area contributed by atoms with Crippen LogP contribution in [0.1, 0.15) is 5.56 Å². The number of aromatic nitrogens is 1. The Bertz CT molecular complexity index is 1050. The minimum Gasteiger partial charge on any atom is -0.506 e. The molecule has 10 heteroatoms. The lowest BCUT2D eigenvalue weighted by molar-refractivity contribution is 0.475. The molecule has 1 heterocycles. The Morgan fingerprint density at radius 2 is 1.92 bits per heavy atom. The molecule has 2 aromatic carbocycles. The maximum atomic E-state index is 12.3. The molecule has 3 rings (SSSR count). The number of thiazole rings is 1. The lowest BCUT2D eigenvalue weighted by Gasteiger charge is -2.05. The van der Waals surface area contributed by atoms with E-state index in [2.05, 4.69) is 14.7 Å². The number of aromatic hydroxyl groups is 1. The van der Waals surface area contributed by atoms with Gasteiger partial charge in [-0.25, -0.2) is 13.4 Å². The van der Waals surface area contributed by atoms with Gasteiger partial charge in [-0.15, -0.1) is 11.3 Å². The van der Waals surface area contributed by atoms with Crippen molar-refractivity contribution >= 4 is 61.6 Å². The van der Waals surface area contributed by atoms with Crippen LogP contribution in [0.4, 0.5) is 10.8 Å². The summed E-state index contributed by atoms with van der Waals surface area (Å²) in [6, 6.07) is 8.86. The van der Waals surface area contributed by atoms with E-state index in [9.17, 15) is 13.5 Å². The molecule has 6 nitrogen and oxygen atoms in total. The summed E-state index contributed by atoms with van der Waals surface area (Å²) in [6.45, 7) is 0. The first-order chi connectivity index (χ1) is 12.3. The molecular weight excluding hydrogens is 417 g/mol. The summed E-state index contributed by atoms with van der Waals surface area (Å²) in [6.07, 6.45) is 2.91. The summed E-state index contributed by atoms with van der Waals surface area (Å²) in [4.78, 5) is 8.16. The van der Waals surface area contributed by atoms with Crippen LogP contribution < -0.4 is 4.72 Å². The second-order valence-electron chi connectivity index (χ2n) is 5.02. The van der Waals surface area contributed by atoms with Gasteiger partial charge in [0.15, 0.2) is 5.13 Å². The molecular formula is C16H11Cl2N3O3S2. The number of benzene rings is 2. The Labute approximate surface area is 163 Å². The van der Waals surface area contributed by atoms with E-state index >= 15 is 0 Å². The molecule has 0 fully saturated rings. The maximum Gasteiger partial charge on any atom is 0.263 e. The minimum absolute atomic E-state index is 0.0836. The number of hydrogen-bond acceptors (Lipinski definition) is 6. The van der Waals surface area contributed by atoms with Crippen LogP contribution in [0.5, 0.6) is 5.75 Å². The fourth-order valence-electron chi connectivity index (χ4n) is 1.99. The molecule has 0 aliphatic carbocycles. The van der Waals surface area contributed by atoms with Crippen LogP contribution in [0.15, 0.2) is 57.9 Å². The molecule has 0 aliphatic rings. The standard InChI is InChI=1S/C16H11Cl2N3O3S2/c17-11-7-10(15(22)14(18)8-11)9-20-12-1-3-13(4-2-12)26(23,24)21-16-19-5-6-25-16/h1-9,22H,(H,19,21)/b20-9+. The van der Waals surface area contributed by atoms with Crippen LogP contribution in [0.25, 0.3) is 0 Å². The average molecular weight is 428 g/mol.